The smallest absolute Gasteiger partial charge is 0.300 e. The number of carbonyl (C=O) groups is 2. The van der Waals surface area contributed by atoms with Crippen molar-refractivity contribution in [3.8, 4) is 17.2 Å². The van der Waals surface area contributed by atoms with Crippen LogP contribution in [0.25, 0.3) is 5.76 Å². The largest absolute Gasteiger partial charge is 0.507 e. The minimum absolute atomic E-state index is 0.00780. The number of hydrogen-bond acceptors (Lipinski definition) is 7. The molecule has 1 fully saturated rings. The minimum atomic E-state index is -0.901. The Morgan fingerprint density at radius 1 is 0.816 bits per heavy atom. The first-order chi connectivity index (χ1) is 18.1. The van der Waals surface area contributed by atoms with Crippen molar-refractivity contribution in [2.45, 2.75) is 19.9 Å². The second kappa shape index (κ2) is 10.5. The van der Waals surface area contributed by atoms with E-state index in [2.05, 4.69) is 0 Å². The fourth-order valence-corrected chi connectivity index (χ4v) is 4.76. The lowest BCUT2D eigenvalue weighted by molar-refractivity contribution is -0.132. The van der Waals surface area contributed by atoms with Crippen LogP contribution in [0.2, 0.25) is 0 Å². The molecule has 1 N–H and O–H groups in total. The third-order valence-corrected chi connectivity index (χ3v) is 6.81. The Balaban J connectivity index is 1.97. The zero-order valence-corrected chi connectivity index (χ0v) is 22.7. The summed E-state index contributed by atoms with van der Waals surface area (Å²) in [5, 5.41) is 11.6. The summed E-state index contributed by atoms with van der Waals surface area (Å²) in [4.78, 5) is 30.5. The fourth-order valence-electron chi connectivity index (χ4n) is 4.76. The van der Waals surface area contributed by atoms with Crippen LogP contribution in [-0.4, -0.2) is 52.2 Å². The van der Waals surface area contributed by atoms with Gasteiger partial charge in [-0.2, -0.15) is 0 Å². The number of methoxy groups -OCH3 is 3. The lowest BCUT2D eigenvalue weighted by atomic mass is 9.92. The van der Waals surface area contributed by atoms with Gasteiger partial charge in [0.1, 0.15) is 11.5 Å². The number of Topliss-reactive ketones (excluding diaryl/α,β-unsaturated/α-hetero) is 1. The van der Waals surface area contributed by atoms with Gasteiger partial charge in [-0.15, -0.1) is 0 Å². The van der Waals surface area contributed by atoms with Crippen LogP contribution in [0.15, 0.2) is 60.2 Å². The van der Waals surface area contributed by atoms with E-state index in [0.29, 0.717) is 39.6 Å². The minimum Gasteiger partial charge on any atom is -0.507 e. The molecular weight excluding hydrogens is 484 g/mol. The van der Waals surface area contributed by atoms with E-state index >= 15 is 0 Å². The van der Waals surface area contributed by atoms with Gasteiger partial charge in [0.15, 0.2) is 11.5 Å². The van der Waals surface area contributed by atoms with Gasteiger partial charge in [-0.05, 0) is 79.1 Å². The van der Waals surface area contributed by atoms with Crippen LogP contribution in [0.4, 0.5) is 11.4 Å². The molecule has 4 rings (SSSR count). The summed E-state index contributed by atoms with van der Waals surface area (Å²) in [5.74, 6) is -0.144. The topological polar surface area (TPSA) is 88.5 Å². The molecule has 0 aromatic heterocycles. The standard InChI is InChI=1S/C30H32N2O6/c1-17-15-24(37-6)18(2)14-22(17)28(33)26-27(19-8-13-23(36-5)25(16-19)38-7)32(30(35)29(26)34)21-11-9-20(10-12-21)31(3)4/h8-16,27,33H,1-7H3/b28-26+. The number of aryl methyl sites for hydroxylation is 2. The lowest BCUT2D eigenvalue weighted by Crippen LogP contribution is -2.29. The molecule has 3 aromatic rings. The number of carbonyl (C=O) groups excluding carboxylic acids is 2. The van der Waals surface area contributed by atoms with E-state index in [0.717, 1.165) is 11.3 Å². The van der Waals surface area contributed by atoms with Crippen LogP contribution in [-0.2, 0) is 9.59 Å². The van der Waals surface area contributed by atoms with Gasteiger partial charge in [-0.25, -0.2) is 0 Å². The number of nitrogens with zero attached hydrogens (tertiary/aromatic N) is 2. The molecular formula is C30H32N2O6. The first-order valence-electron chi connectivity index (χ1n) is 12.1. The average Bonchev–Trinajstić information content (AvgIpc) is 3.18. The van der Waals surface area contributed by atoms with Gasteiger partial charge >= 0.3 is 0 Å². The van der Waals surface area contributed by atoms with Crippen LogP contribution in [0.1, 0.15) is 28.3 Å². The first kappa shape index (κ1) is 26.6. The Kier molecular flexibility index (Phi) is 7.35. The monoisotopic (exact) mass is 516 g/mol. The Morgan fingerprint density at radius 2 is 1.45 bits per heavy atom. The maximum atomic E-state index is 13.6. The van der Waals surface area contributed by atoms with Crippen molar-refractivity contribution in [1.82, 2.24) is 0 Å². The quantitative estimate of drug-likeness (QED) is 0.268. The van der Waals surface area contributed by atoms with Crippen LogP contribution in [0.5, 0.6) is 17.2 Å². The molecule has 1 heterocycles. The van der Waals surface area contributed by atoms with Crippen molar-refractivity contribution >= 4 is 28.8 Å². The van der Waals surface area contributed by atoms with E-state index in [-0.39, 0.29) is 11.3 Å². The van der Waals surface area contributed by atoms with E-state index in [1.54, 1.807) is 49.6 Å². The third-order valence-electron chi connectivity index (χ3n) is 6.81. The molecule has 0 radical (unpaired) electrons. The van der Waals surface area contributed by atoms with Gasteiger partial charge in [-0.1, -0.05) is 6.07 Å². The highest BCUT2D eigenvalue weighted by atomic mass is 16.5. The molecule has 1 saturated heterocycles. The van der Waals surface area contributed by atoms with Gasteiger partial charge in [0.2, 0.25) is 0 Å². The van der Waals surface area contributed by atoms with Crippen molar-refractivity contribution in [2.75, 3.05) is 45.2 Å². The number of aliphatic hydroxyl groups excluding tert-OH is 1. The maximum absolute atomic E-state index is 13.6. The number of ketones is 1. The number of benzene rings is 3. The van der Waals surface area contributed by atoms with E-state index < -0.39 is 17.7 Å². The number of rotatable bonds is 7. The van der Waals surface area contributed by atoms with Crippen molar-refractivity contribution in [3.05, 3.63) is 82.4 Å². The summed E-state index contributed by atoms with van der Waals surface area (Å²) in [5.41, 5.74) is 3.99. The van der Waals surface area contributed by atoms with Crippen molar-refractivity contribution in [3.63, 3.8) is 0 Å². The fraction of sp³-hybridized carbons (Fsp3) is 0.267. The second-order valence-electron chi connectivity index (χ2n) is 9.33. The van der Waals surface area contributed by atoms with Gasteiger partial charge < -0.3 is 24.2 Å². The molecule has 0 spiro atoms. The number of amides is 1. The van der Waals surface area contributed by atoms with Crippen molar-refractivity contribution < 1.29 is 28.9 Å². The summed E-state index contributed by atoms with van der Waals surface area (Å²) in [6, 6.07) is 15.2. The average molecular weight is 517 g/mol. The Hall–Kier alpha value is -4.46. The van der Waals surface area contributed by atoms with Crippen molar-refractivity contribution in [1.29, 1.82) is 0 Å². The Labute approximate surface area is 222 Å². The van der Waals surface area contributed by atoms with Crippen LogP contribution in [0.3, 0.4) is 0 Å². The maximum Gasteiger partial charge on any atom is 0.300 e. The molecule has 1 atom stereocenters. The van der Waals surface area contributed by atoms with Gasteiger partial charge in [-0.3, -0.25) is 14.5 Å². The van der Waals surface area contributed by atoms with Crippen molar-refractivity contribution in [2.24, 2.45) is 0 Å². The molecule has 8 heteroatoms. The molecule has 1 aliphatic heterocycles. The second-order valence-corrected chi connectivity index (χ2v) is 9.33. The zero-order valence-electron chi connectivity index (χ0n) is 22.7. The molecule has 0 aliphatic carbocycles. The highest BCUT2D eigenvalue weighted by molar-refractivity contribution is 6.51. The highest BCUT2D eigenvalue weighted by Crippen LogP contribution is 2.45. The molecule has 0 bridgehead atoms. The summed E-state index contributed by atoms with van der Waals surface area (Å²) in [6.45, 7) is 3.67. The predicted octanol–water partition coefficient (Wildman–Crippen LogP) is 5.02. The summed E-state index contributed by atoms with van der Waals surface area (Å²) in [7, 11) is 8.46. The summed E-state index contributed by atoms with van der Waals surface area (Å²) in [6.07, 6.45) is 0. The third kappa shape index (κ3) is 4.53. The summed E-state index contributed by atoms with van der Waals surface area (Å²) < 4.78 is 16.3. The molecule has 8 nitrogen and oxygen atoms in total. The molecule has 1 unspecified atom stereocenters. The Bertz CT molecular complexity index is 1430. The number of anilines is 2. The summed E-state index contributed by atoms with van der Waals surface area (Å²) >= 11 is 0. The zero-order chi connectivity index (χ0) is 27.7. The molecule has 3 aromatic carbocycles. The number of ether oxygens (including phenoxy) is 3. The van der Waals surface area contributed by atoms with E-state index in [4.69, 9.17) is 14.2 Å². The van der Waals surface area contributed by atoms with E-state index in [1.165, 1.54) is 19.1 Å². The van der Waals surface area contributed by atoms with Crippen LogP contribution >= 0.6 is 0 Å². The Morgan fingerprint density at radius 3 is 2.03 bits per heavy atom. The van der Waals surface area contributed by atoms with Gasteiger partial charge in [0, 0.05) is 31.0 Å². The van der Waals surface area contributed by atoms with Gasteiger partial charge in [0.05, 0.1) is 32.9 Å². The number of aliphatic hydroxyl groups is 1. The molecule has 198 valence electrons. The van der Waals surface area contributed by atoms with Crippen LogP contribution < -0.4 is 24.0 Å². The van der Waals surface area contributed by atoms with E-state index in [9.17, 15) is 14.7 Å². The molecule has 0 saturated carbocycles. The lowest BCUT2D eigenvalue weighted by Gasteiger charge is -2.26. The van der Waals surface area contributed by atoms with E-state index in [1.807, 2.05) is 45.0 Å². The molecule has 38 heavy (non-hydrogen) atoms. The first-order valence-corrected chi connectivity index (χ1v) is 12.1. The highest BCUT2D eigenvalue weighted by Gasteiger charge is 2.47. The number of hydrogen-bond donors (Lipinski definition) is 1. The normalized spacial score (nSPS) is 16.5. The molecule has 1 amide bonds. The SMILES string of the molecule is COc1cc(C)c(/C(O)=C2\C(=O)C(=O)N(c3ccc(N(C)C)cc3)C2c2ccc(OC)c(OC)c2)cc1C. The molecule has 1 aliphatic rings. The predicted molar refractivity (Wildman–Crippen MR) is 148 cm³/mol. The van der Waals surface area contributed by atoms with Gasteiger partial charge in [0.25, 0.3) is 11.7 Å². The van der Waals surface area contributed by atoms with Crippen LogP contribution in [0, 0.1) is 13.8 Å².